The number of carbonyl (C=O) groups excluding carboxylic acids is 1. The molecule has 0 fully saturated rings. The molecule has 0 saturated carbocycles. The molecule has 0 spiro atoms. The van der Waals surface area contributed by atoms with Crippen molar-refractivity contribution in [1.82, 2.24) is 10.2 Å². The topological polar surface area (TPSA) is 77.2 Å². The average molecular weight is 386 g/mol. The van der Waals surface area contributed by atoms with Crippen molar-refractivity contribution in [3.8, 4) is 16.5 Å². The van der Waals surface area contributed by atoms with Gasteiger partial charge in [0.05, 0.1) is 5.02 Å². The molecule has 2 heterocycles. The summed E-state index contributed by atoms with van der Waals surface area (Å²) < 4.78 is 11.1. The quantitative estimate of drug-likeness (QED) is 0.542. The monoisotopic (exact) mass is 385 g/mol. The fraction of sp³-hybridized carbons (Fsp3) is 0.0556. The van der Waals surface area contributed by atoms with E-state index in [1.165, 1.54) is 11.3 Å². The highest BCUT2D eigenvalue weighted by Crippen LogP contribution is 2.31. The number of fused-ring (bicyclic) bond motifs is 1. The maximum Gasteiger partial charge on any atom is 0.264 e. The van der Waals surface area contributed by atoms with Crippen molar-refractivity contribution in [2.75, 3.05) is 11.9 Å². The van der Waals surface area contributed by atoms with Crippen molar-refractivity contribution in [2.24, 2.45) is 0 Å². The number of benzene rings is 2. The van der Waals surface area contributed by atoms with E-state index in [0.29, 0.717) is 26.7 Å². The van der Waals surface area contributed by atoms with Gasteiger partial charge in [0, 0.05) is 5.39 Å². The lowest BCUT2D eigenvalue weighted by atomic mass is 10.2. The number of ether oxygens (including phenoxy) is 1. The molecule has 2 aromatic heterocycles. The Balaban J connectivity index is 1.41. The Hall–Kier alpha value is -2.90. The smallest absolute Gasteiger partial charge is 0.264 e. The van der Waals surface area contributed by atoms with Crippen LogP contribution < -0.4 is 10.1 Å². The molecule has 4 rings (SSSR count). The molecule has 0 unspecified atom stereocenters. The van der Waals surface area contributed by atoms with Crippen LogP contribution in [-0.4, -0.2) is 22.7 Å². The predicted octanol–water partition coefficient (Wildman–Crippen LogP) is 4.62. The fourth-order valence-corrected chi connectivity index (χ4v) is 3.22. The molecule has 2 aromatic carbocycles. The molecule has 0 bridgehead atoms. The number of hydrogen-bond acceptors (Lipinski definition) is 6. The van der Waals surface area contributed by atoms with Crippen LogP contribution in [0.3, 0.4) is 0 Å². The van der Waals surface area contributed by atoms with Crippen LogP contribution >= 0.6 is 22.9 Å². The van der Waals surface area contributed by atoms with Crippen LogP contribution in [0, 0.1) is 0 Å². The second-order valence-corrected chi connectivity index (χ2v) is 6.71. The fourth-order valence-electron chi connectivity index (χ4n) is 2.32. The maximum absolute atomic E-state index is 12.0. The van der Waals surface area contributed by atoms with Gasteiger partial charge in [-0.05, 0) is 24.3 Å². The second kappa shape index (κ2) is 7.15. The Kier molecular flexibility index (Phi) is 4.55. The van der Waals surface area contributed by atoms with E-state index in [2.05, 4.69) is 15.5 Å². The summed E-state index contributed by atoms with van der Waals surface area (Å²) in [7, 11) is 0. The normalized spacial score (nSPS) is 10.8. The van der Waals surface area contributed by atoms with Crippen molar-refractivity contribution in [3.63, 3.8) is 0 Å². The number of amides is 1. The molecule has 6 nitrogen and oxygen atoms in total. The van der Waals surface area contributed by atoms with Crippen LogP contribution in [0.2, 0.25) is 5.02 Å². The van der Waals surface area contributed by atoms with E-state index >= 15 is 0 Å². The zero-order valence-corrected chi connectivity index (χ0v) is 14.9. The van der Waals surface area contributed by atoms with Crippen LogP contribution in [0.5, 0.6) is 5.75 Å². The largest absolute Gasteiger partial charge is 0.482 e. The molecule has 26 heavy (non-hydrogen) atoms. The first-order chi connectivity index (χ1) is 12.7. The van der Waals surface area contributed by atoms with Crippen LogP contribution in [0.4, 0.5) is 5.13 Å². The molecule has 130 valence electrons. The lowest BCUT2D eigenvalue weighted by Crippen LogP contribution is -2.20. The van der Waals surface area contributed by atoms with E-state index in [9.17, 15) is 4.79 Å². The summed E-state index contributed by atoms with van der Waals surface area (Å²) in [6.45, 7) is -0.177. The molecule has 8 heteroatoms. The number of carbonyl (C=O) groups is 1. The van der Waals surface area contributed by atoms with Crippen LogP contribution in [0.1, 0.15) is 0 Å². The number of nitrogens with one attached hydrogen (secondary N) is 1. The molecule has 1 amide bonds. The minimum atomic E-state index is -0.350. The first-order valence-electron chi connectivity index (χ1n) is 7.69. The predicted molar refractivity (Wildman–Crippen MR) is 101 cm³/mol. The number of nitrogens with zero attached hydrogens (tertiary/aromatic N) is 2. The summed E-state index contributed by atoms with van der Waals surface area (Å²) >= 11 is 7.21. The van der Waals surface area contributed by atoms with Crippen molar-refractivity contribution in [3.05, 3.63) is 59.6 Å². The molecule has 1 N–H and O–H groups in total. The third-order valence-corrected chi connectivity index (χ3v) is 4.67. The van der Waals surface area contributed by atoms with E-state index in [4.69, 9.17) is 20.8 Å². The minimum absolute atomic E-state index is 0.177. The SMILES string of the molecule is O=C(COc1ccccc1Cl)Nc1nnc(-c2cc3ccccc3o2)s1. The Morgan fingerprint density at radius 3 is 2.81 bits per heavy atom. The third kappa shape index (κ3) is 3.54. The zero-order valence-electron chi connectivity index (χ0n) is 13.3. The first kappa shape index (κ1) is 16.6. The van der Waals surface area contributed by atoms with Gasteiger partial charge in [-0.2, -0.15) is 0 Å². The van der Waals surface area contributed by atoms with Crippen molar-refractivity contribution in [2.45, 2.75) is 0 Å². The number of halogens is 1. The number of hydrogen-bond donors (Lipinski definition) is 1. The summed E-state index contributed by atoms with van der Waals surface area (Å²) in [5, 5.41) is 13.1. The van der Waals surface area contributed by atoms with E-state index in [0.717, 1.165) is 11.0 Å². The summed E-state index contributed by atoms with van der Waals surface area (Å²) in [5.41, 5.74) is 0.774. The first-order valence-corrected chi connectivity index (χ1v) is 8.88. The van der Waals surface area contributed by atoms with Gasteiger partial charge in [0.2, 0.25) is 5.13 Å². The number of para-hydroxylation sites is 2. The highest BCUT2D eigenvalue weighted by Gasteiger charge is 2.14. The van der Waals surface area contributed by atoms with E-state index in [-0.39, 0.29) is 12.5 Å². The molecule has 0 radical (unpaired) electrons. The minimum Gasteiger partial charge on any atom is -0.482 e. The summed E-state index contributed by atoms with van der Waals surface area (Å²) in [6, 6.07) is 16.5. The summed E-state index contributed by atoms with van der Waals surface area (Å²) in [6.07, 6.45) is 0. The van der Waals surface area contributed by atoms with Crippen molar-refractivity contribution >= 4 is 44.9 Å². The van der Waals surface area contributed by atoms with Gasteiger partial charge in [0.1, 0.15) is 11.3 Å². The highest BCUT2D eigenvalue weighted by atomic mass is 35.5. The Bertz CT molecular complexity index is 1040. The Morgan fingerprint density at radius 1 is 1.15 bits per heavy atom. The Labute approximate surface area is 157 Å². The maximum atomic E-state index is 12.0. The number of furan rings is 1. The van der Waals surface area contributed by atoms with Gasteiger partial charge in [-0.15, -0.1) is 10.2 Å². The molecule has 0 aliphatic heterocycles. The van der Waals surface area contributed by atoms with Crippen LogP contribution in [0.25, 0.3) is 21.7 Å². The lowest BCUT2D eigenvalue weighted by molar-refractivity contribution is -0.118. The standard InChI is InChI=1S/C18H12ClN3O3S/c19-12-6-2-4-8-14(12)24-10-16(23)20-18-22-21-17(26-18)15-9-11-5-1-3-7-13(11)25-15/h1-9H,10H2,(H,20,22,23). The summed E-state index contributed by atoms with van der Waals surface area (Å²) in [4.78, 5) is 12.0. The van der Waals surface area contributed by atoms with Crippen molar-refractivity contribution in [1.29, 1.82) is 0 Å². The van der Waals surface area contributed by atoms with Gasteiger partial charge >= 0.3 is 0 Å². The van der Waals surface area contributed by atoms with Gasteiger partial charge in [0.15, 0.2) is 17.4 Å². The second-order valence-electron chi connectivity index (χ2n) is 5.33. The molecule has 0 saturated heterocycles. The molecule has 0 atom stereocenters. The highest BCUT2D eigenvalue weighted by molar-refractivity contribution is 7.18. The van der Waals surface area contributed by atoms with Gasteiger partial charge in [-0.25, -0.2) is 0 Å². The van der Waals surface area contributed by atoms with Gasteiger partial charge < -0.3 is 9.15 Å². The molecule has 0 aliphatic carbocycles. The summed E-state index contributed by atoms with van der Waals surface area (Å²) in [5.74, 6) is 0.707. The van der Waals surface area contributed by atoms with Crippen LogP contribution in [-0.2, 0) is 4.79 Å². The lowest BCUT2D eigenvalue weighted by Gasteiger charge is -2.06. The molecular formula is C18H12ClN3O3S. The van der Waals surface area contributed by atoms with Gasteiger partial charge in [-0.1, -0.05) is 53.3 Å². The van der Waals surface area contributed by atoms with Crippen molar-refractivity contribution < 1.29 is 13.9 Å². The molecular weight excluding hydrogens is 374 g/mol. The molecule has 0 aliphatic rings. The van der Waals surface area contributed by atoms with E-state index in [1.54, 1.807) is 24.3 Å². The van der Waals surface area contributed by atoms with Crippen LogP contribution in [0.15, 0.2) is 59.0 Å². The average Bonchev–Trinajstić information content (AvgIpc) is 3.27. The van der Waals surface area contributed by atoms with Gasteiger partial charge in [0.25, 0.3) is 5.91 Å². The molecule has 4 aromatic rings. The number of aromatic nitrogens is 2. The number of anilines is 1. The Morgan fingerprint density at radius 2 is 1.96 bits per heavy atom. The van der Waals surface area contributed by atoms with Gasteiger partial charge in [-0.3, -0.25) is 10.1 Å². The zero-order chi connectivity index (χ0) is 17.9. The third-order valence-electron chi connectivity index (χ3n) is 3.50. The van der Waals surface area contributed by atoms with E-state index < -0.39 is 0 Å². The van der Waals surface area contributed by atoms with E-state index in [1.807, 2.05) is 30.3 Å². The number of rotatable bonds is 5.